The van der Waals surface area contributed by atoms with Crippen molar-refractivity contribution >= 4 is 11.6 Å². The molecule has 0 unspecified atom stereocenters. The molecule has 3 heterocycles. The molecule has 0 aliphatic carbocycles. The molecule has 1 aromatic carbocycles. The van der Waals surface area contributed by atoms with Gasteiger partial charge in [-0.15, -0.1) is 10.2 Å². The number of benzene rings is 1. The molecule has 0 radical (unpaired) electrons. The number of hydrogen-bond donors (Lipinski definition) is 0. The summed E-state index contributed by atoms with van der Waals surface area (Å²) >= 11 is 0. The van der Waals surface area contributed by atoms with Crippen LogP contribution in [0.3, 0.4) is 0 Å². The fourth-order valence-corrected chi connectivity index (χ4v) is 3.78. The van der Waals surface area contributed by atoms with Crippen LogP contribution in [0.2, 0.25) is 0 Å². The number of rotatable bonds is 3. The molecule has 0 N–H and O–H groups in total. The molecule has 0 saturated carbocycles. The first kappa shape index (κ1) is 15.3. The second-order valence-corrected chi connectivity index (χ2v) is 6.78. The minimum Gasteiger partial charge on any atom is -0.320 e. The van der Waals surface area contributed by atoms with Crippen LogP contribution in [0, 0.1) is 5.92 Å². The number of amides is 1. The Morgan fingerprint density at radius 2 is 2.00 bits per heavy atom. The lowest BCUT2D eigenvalue weighted by Crippen LogP contribution is -2.42. The van der Waals surface area contributed by atoms with Crippen LogP contribution >= 0.6 is 0 Å². The lowest BCUT2D eigenvalue weighted by molar-refractivity contribution is -0.123. The highest BCUT2D eigenvalue weighted by Gasteiger charge is 2.32. The molecule has 2 aliphatic rings. The van der Waals surface area contributed by atoms with Crippen LogP contribution in [0.1, 0.15) is 24.2 Å². The third-order valence-corrected chi connectivity index (χ3v) is 5.26. The summed E-state index contributed by atoms with van der Waals surface area (Å²) in [5.41, 5.74) is 2.41. The first-order chi connectivity index (χ1) is 11.7. The van der Waals surface area contributed by atoms with E-state index in [9.17, 15) is 4.79 Å². The van der Waals surface area contributed by atoms with Crippen molar-refractivity contribution in [2.24, 2.45) is 13.0 Å². The van der Waals surface area contributed by atoms with Crippen LogP contribution in [-0.4, -0.2) is 45.2 Å². The Hall–Kier alpha value is -2.21. The lowest BCUT2D eigenvalue weighted by atomic mass is 9.95. The maximum Gasteiger partial charge on any atom is 0.230 e. The number of aromatic nitrogens is 3. The van der Waals surface area contributed by atoms with Gasteiger partial charge < -0.3 is 9.47 Å². The van der Waals surface area contributed by atoms with E-state index < -0.39 is 0 Å². The van der Waals surface area contributed by atoms with Gasteiger partial charge in [0.1, 0.15) is 12.2 Å². The van der Waals surface area contributed by atoms with E-state index >= 15 is 0 Å². The largest absolute Gasteiger partial charge is 0.320 e. The summed E-state index contributed by atoms with van der Waals surface area (Å²) in [5, 5.41) is 8.08. The summed E-state index contributed by atoms with van der Waals surface area (Å²) in [4.78, 5) is 17.3. The fourth-order valence-electron chi connectivity index (χ4n) is 3.78. The number of likely N-dealkylation sites (tertiary alicyclic amines) is 1. The van der Waals surface area contributed by atoms with E-state index in [0.29, 0.717) is 5.91 Å². The first-order valence-electron chi connectivity index (χ1n) is 8.67. The molecule has 0 spiro atoms. The van der Waals surface area contributed by atoms with Crippen LogP contribution in [0.4, 0.5) is 5.69 Å². The van der Waals surface area contributed by atoms with Crippen LogP contribution in [0.15, 0.2) is 30.6 Å². The van der Waals surface area contributed by atoms with Gasteiger partial charge in [-0.1, -0.05) is 18.2 Å². The van der Waals surface area contributed by atoms with Crippen LogP contribution in [-0.2, 0) is 24.8 Å². The molecular formula is C18H23N5O. The number of fused-ring (bicyclic) bond motifs is 1. The number of para-hydroxylation sites is 1. The Labute approximate surface area is 142 Å². The highest BCUT2D eigenvalue weighted by molar-refractivity contribution is 5.97. The van der Waals surface area contributed by atoms with Crippen LogP contribution < -0.4 is 4.90 Å². The molecular weight excluding hydrogens is 302 g/mol. The second-order valence-electron chi connectivity index (χ2n) is 6.78. The van der Waals surface area contributed by atoms with Gasteiger partial charge in [-0.25, -0.2) is 0 Å². The average Bonchev–Trinajstić information content (AvgIpc) is 3.21. The average molecular weight is 325 g/mol. The predicted molar refractivity (Wildman–Crippen MR) is 91.5 cm³/mol. The van der Waals surface area contributed by atoms with Gasteiger partial charge in [0.25, 0.3) is 0 Å². The lowest BCUT2D eigenvalue weighted by Gasteiger charge is -2.33. The quantitative estimate of drug-likeness (QED) is 0.860. The van der Waals surface area contributed by atoms with Gasteiger partial charge in [-0.2, -0.15) is 0 Å². The third kappa shape index (κ3) is 2.82. The van der Waals surface area contributed by atoms with Crippen molar-refractivity contribution in [2.45, 2.75) is 25.8 Å². The summed E-state index contributed by atoms with van der Waals surface area (Å²) < 4.78 is 1.96. The number of aryl methyl sites for hydroxylation is 1. The highest BCUT2D eigenvalue weighted by Crippen LogP contribution is 2.31. The molecule has 24 heavy (non-hydrogen) atoms. The summed E-state index contributed by atoms with van der Waals surface area (Å²) in [6, 6.07) is 8.28. The molecule has 1 fully saturated rings. The Morgan fingerprint density at radius 1 is 1.21 bits per heavy atom. The predicted octanol–water partition coefficient (Wildman–Crippen LogP) is 1.62. The van der Waals surface area contributed by atoms with Crippen LogP contribution in [0.5, 0.6) is 0 Å². The Balaban J connectivity index is 1.36. The number of carbonyl (C=O) groups is 1. The maximum absolute atomic E-state index is 12.9. The number of hydrogen-bond acceptors (Lipinski definition) is 4. The number of anilines is 1. The van der Waals surface area contributed by atoms with E-state index in [4.69, 9.17) is 0 Å². The van der Waals surface area contributed by atoms with Gasteiger partial charge >= 0.3 is 0 Å². The molecule has 2 aliphatic heterocycles. The molecule has 1 saturated heterocycles. The minimum absolute atomic E-state index is 0.145. The Morgan fingerprint density at radius 3 is 2.75 bits per heavy atom. The van der Waals surface area contributed by atoms with Gasteiger partial charge in [0.05, 0.1) is 6.54 Å². The topological polar surface area (TPSA) is 54.3 Å². The zero-order chi connectivity index (χ0) is 16.5. The van der Waals surface area contributed by atoms with E-state index in [1.807, 2.05) is 22.6 Å². The van der Waals surface area contributed by atoms with Gasteiger partial charge in [0.2, 0.25) is 5.91 Å². The fraction of sp³-hybridized carbons (Fsp3) is 0.500. The third-order valence-electron chi connectivity index (χ3n) is 5.26. The SMILES string of the molecule is Cn1cnnc1CN1CCC(C(=O)N2CCc3ccccc32)CC1. The van der Waals surface area contributed by atoms with Crippen molar-refractivity contribution in [1.29, 1.82) is 0 Å². The number of nitrogens with zero attached hydrogens (tertiary/aromatic N) is 5. The number of carbonyl (C=O) groups excluding carboxylic acids is 1. The minimum atomic E-state index is 0.145. The second kappa shape index (κ2) is 6.36. The molecule has 6 heteroatoms. The summed E-state index contributed by atoms with van der Waals surface area (Å²) in [6.07, 6.45) is 4.56. The monoisotopic (exact) mass is 325 g/mol. The molecule has 0 atom stereocenters. The summed E-state index contributed by atoms with van der Waals surface area (Å²) in [7, 11) is 1.97. The van der Waals surface area contributed by atoms with E-state index in [1.54, 1.807) is 6.33 Å². The highest BCUT2D eigenvalue weighted by atomic mass is 16.2. The zero-order valence-corrected chi connectivity index (χ0v) is 14.1. The maximum atomic E-state index is 12.9. The van der Waals surface area contributed by atoms with Gasteiger partial charge in [-0.3, -0.25) is 9.69 Å². The first-order valence-corrected chi connectivity index (χ1v) is 8.67. The van der Waals surface area contributed by atoms with Crippen molar-refractivity contribution in [1.82, 2.24) is 19.7 Å². The molecule has 1 amide bonds. The van der Waals surface area contributed by atoms with E-state index in [0.717, 1.165) is 57.0 Å². The van der Waals surface area contributed by atoms with E-state index in [2.05, 4.69) is 33.3 Å². The van der Waals surface area contributed by atoms with Crippen molar-refractivity contribution in [3.05, 3.63) is 42.0 Å². The standard InChI is InChI=1S/C18H23N5O/c1-21-13-19-20-17(21)12-22-9-6-15(7-10-22)18(24)23-11-8-14-4-2-3-5-16(14)23/h2-5,13,15H,6-12H2,1H3. The normalized spacial score (nSPS) is 18.8. The Kier molecular flexibility index (Phi) is 4.06. The van der Waals surface area contributed by atoms with Gasteiger partial charge in [0.15, 0.2) is 0 Å². The molecule has 4 rings (SSSR count). The van der Waals surface area contributed by atoms with Gasteiger partial charge in [-0.05, 0) is 44.0 Å². The molecule has 1 aromatic heterocycles. The molecule has 0 bridgehead atoms. The molecule has 2 aromatic rings. The summed E-state index contributed by atoms with van der Waals surface area (Å²) in [6.45, 7) is 3.53. The van der Waals surface area contributed by atoms with Crippen molar-refractivity contribution < 1.29 is 4.79 Å². The Bertz CT molecular complexity index is 733. The van der Waals surface area contributed by atoms with Crippen molar-refractivity contribution in [3.8, 4) is 0 Å². The van der Waals surface area contributed by atoms with Gasteiger partial charge in [0, 0.05) is 25.2 Å². The van der Waals surface area contributed by atoms with E-state index in [-0.39, 0.29) is 5.92 Å². The van der Waals surface area contributed by atoms with E-state index in [1.165, 1.54) is 5.56 Å². The van der Waals surface area contributed by atoms with Crippen molar-refractivity contribution in [3.63, 3.8) is 0 Å². The summed E-state index contributed by atoms with van der Waals surface area (Å²) in [5.74, 6) is 1.43. The molecule has 126 valence electrons. The van der Waals surface area contributed by atoms with Crippen LogP contribution in [0.25, 0.3) is 0 Å². The zero-order valence-electron chi connectivity index (χ0n) is 14.1. The molecule has 6 nitrogen and oxygen atoms in total. The number of piperidine rings is 1. The smallest absolute Gasteiger partial charge is 0.230 e. The van der Waals surface area contributed by atoms with Crippen molar-refractivity contribution in [2.75, 3.05) is 24.5 Å².